The lowest BCUT2D eigenvalue weighted by molar-refractivity contribution is 0.0785. The van der Waals surface area contributed by atoms with Gasteiger partial charge in [-0.15, -0.1) is 18.3 Å². The first-order chi connectivity index (χ1) is 10.7. The number of aromatic nitrogens is 3. The van der Waals surface area contributed by atoms with Crippen molar-refractivity contribution >= 4 is 5.91 Å². The van der Waals surface area contributed by atoms with E-state index < -0.39 is 0 Å². The van der Waals surface area contributed by atoms with Gasteiger partial charge in [0.1, 0.15) is 0 Å². The summed E-state index contributed by atoms with van der Waals surface area (Å²) in [5.74, 6) is -0.171. The maximum atomic E-state index is 12.4. The van der Waals surface area contributed by atoms with E-state index >= 15 is 0 Å². The zero-order valence-corrected chi connectivity index (χ0v) is 12.8. The van der Waals surface area contributed by atoms with Crippen LogP contribution in [0.3, 0.4) is 0 Å². The number of carbonyl (C=O) groups excluding carboxylic acids is 1. The molecule has 2 rings (SSSR count). The van der Waals surface area contributed by atoms with Crippen LogP contribution in [-0.4, -0.2) is 38.9 Å². The number of carbonyl (C=O) groups is 1. The summed E-state index contributed by atoms with van der Waals surface area (Å²) in [5.41, 5.74) is 2.67. The number of amides is 1. The van der Waals surface area contributed by atoms with Gasteiger partial charge in [-0.05, 0) is 18.1 Å². The lowest BCUT2D eigenvalue weighted by Gasteiger charge is -2.17. The van der Waals surface area contributed by atoms with E-state index in [1.54, 1.807) is 27.9 Å². The molecule has 0 aliphatic rings. The second-order valence-electron chi connectivity index (χ2n) is 5.02. The maximum Gasteiger partial charge on any atom is 0.276 e. The SMILES string of the molecule is C=CCN(CC=C)C(=O)c1cn(Cc2ccccc2C)nn1. The van der Waals surface area contributed by atoms with E-state index in [0.29, 0.717) is 25.3 Å². The van der Waals surface area contributed by atoms with Gasteiger partial charge in [0.05, 0.1) is 12.7 Å². The van der Waals surface area contributed by atoms with Gasteiger partial charge in [0.2, 0.25) is 0 Å². The van der Waals surface area contributed by atoms with Crippen LogP contribution in [0.1, 0.15) is 21.6 Å². The minimum atomic E-state index is -0.171. The summed E-state index contributed by atoms with van der Waals surface area (Å²) in [5, 5.41) is 8.02. The van der Waals surface area contributed by atoms with Crippen molar-refractivity contribution in [1.29, 1.82) is 0 Å². The predicted molar refractivity (Wildman–Crippen MR) is 86.6 cm³/mol. The third-order valence-corrected chi connectivity index (χ3v) is 3.34. The van der Waals surface area contributed by atoms with Gasteiger partial charge in [0, 0.05) is 13.1 Å². The fourth-order valence-corrected chi connectivity index (χ4v) is 2.15. The lowest BCUT2D eigenvalue weighted by atomic mass is 10.1. The van der Waals surface area contributed by atoms with Gasteiger partial charge < -0.3 is 4.90 Å². The Hall–Kier alpha value is -2.69. The van der Waals surface area contributed by atoms with Crippen molar-refractivity contribution < 1.29 is 4.79 Å². The van der Waals surface area contributed by atoms with Crippen LogP contribution < -0.4 is 0 Å². The first-order valence-corrected chi connectivity index (χ1v) is 7.11. The van der Waals surface area contributed by atoms with E-state index in [9.17, 15) is 4.79 Å². The number of hydrogen-bond donors (Lipinski definition) is 0. The fraction of sp³-hybridized carbons (Fsp3) is 0.235. The van der Waals surface area contributed by atoms with Crippen molar-refractivity contribution in [3.05, 3.63) is 72.6 Å². The fourth-order valence-electron chi connectivity index (χ4n) is 2.15. The van der Waals surface area contributed by atoms with Crippen LogP contribution in [0.4, 0.5) is 0 Å². The second-order valence-corrected chi connectivity index (χ2v) is 5.02. The maximum absolute atomic E-state index is 12.4. The van der Waals surface area contributed by atoms with Crippen LogP contribution >= 0.6 is 0 Å². The molecule has 0 N–H and O–H groups in total. The van der Waals surface area contributed by atoms with E-state index in [2.05, 4.69) is 23.5 Å². The topological polar surface area (TPSA) is 51.0 Å². The Balaban J connectivity index is 2.13. The van der Waals surface area contributed by atoms with Crippen molar-refractivity contribution in [3.63, 3.8) is 0 Å². The van der Waals surface area contributed by atoms with Crippen LogP contribution in [-0.2, 0) is 6.54 Å². The molecular weight excluding hydrogens is 276 g/mol. The molecule has 1 heterocycles. The van der Waals surface area contributed by atoms with Crippen LogP contribution in [0.2, 0.25) is 0 Å². The molecule has 0 radical (unpaired) electrons. The van der Waals surface area contributed by atoms with Crippen molar-refractivity contribution in [2.24, 2.45) is 0 Å². The molecule has 114 valence electrons. The van der Waals surface area contributed by atoms with Gasteiger partial charge >= 0.3 is 0 Å². The highest BCUT2D eigenvalue weighted by atomic mass is 16.2. The molecule has 0 aliphatic heterocycles. The Kier molecular flexibility index (Phi) is 5.25. The Morgan fingerprint density at radius 1 is 1.27 bits per heavy atom. The van der Waals surface area contributed by atoms with Gasteiger partial charge in [-0.25, -0.2) is 4.68 Å². The average molecular weight is 296 g/mol. The van der Waals surface area contributed by atoms with Gasteiger partial charge in [-0.1, -0.05) is 41.6 Å². The van der Waals surface area contributed by atoms with E-state index in [-0.39, 0.29) is 5.91 Å². The van der Waals surface area contributed by atoms with Crippen molar-refractivity contribution in [2.75, 3.05) is 13.1 Å². The van der Waals surface area contributed by atoms with Gasteiger partial charge in [-0.2, -0.15) is 0 Å². The zero-order chi connectivity index (χ0) is 15.9. The van der Waals surface area contributed by atoms with Crippen molar-refractivity contribution in [1.82, 2.24) is 19.9 Å². The first kappa shape index (κ1) is 15.7. The monoisotopic (exact) mass is 296 g/mol. The highest BCUT2D eigenvalue weighted by Crippen LogP contribution is 2.09. The molecule has 1 aromatic heterocycles. The zero-order valence-electron chi connectivity index (χ0n) is 12.8. The molecule has 0 aliphatic carbocycles. The van der Waals surface area contributed by atoms with Gasteiger partial charge in [0.15, 0.2) is 5.69 Å². The predicted octanol–water partition coefficient (Wildman–Crippen LogP) is 2.45. The molecule has 2 aromatic rings. The summed E-state index contributed by atoms with van der Waals surface area (Å²) in [6.45, 7) is 10.9. The van der Waals surface area contributed by atoms with Crippen LogP contribution in [0, 0.1) is 6.92 Å². The number of benzene rings is 1. The number of hydrogen-bond acceptors (Lipinski definition) is 3. The summed E-state index contributed by atoms with van der Waals surface area (Å²) < 4.78 is 1.68. The Bertz CT molecular complexity index is 665. The van der Waals surface area contributed by atoms with E-state index in [1.807, 2.05) is 31.2 Å². The molecule has 0 atom stereocenters. The number of nitrogens with zero attached hydrogens (tertiary/aromatic N) is 4. The molecule has 0 saturated heterocycles. The number of aryl methyl sites for hydroxylation is 1. The Morgan fingerprint density at radius 3 is 2.59 bits per heavy atom. The highest BCUT2D eigenvalue weighted by molar-refractivity contribution is 5.92. The minimum absolute atomic E-state index is 0.171. The largest absolute Gasteiger partial charge is 0.330 e. The van der Waals surface area contributed by atoms with Crippen LogP contribution in [0.15, 0.2) is 55.8 Å². The molecule has 1 aromatic carbocycles. The van der Waals surface area contributed by atoms with Crippen molar-refractivity contribution in [3.8, 4) is 0 Å². The third kappa shape index (κ3) is 3.69. The van der Waals surface area contributed by atoms with E-state index in [1.165, 1.54) is 5.56 Å². The quantitative estimate of drug-likeness (QED) is 0.737. The summed E-state index contributed by atoms with van der Waals surface area (Å²) in [6, 6.07) is 8.08. The average Bonchev–Trinajstić information content (AvgIpc) is 2.97. The summed E-state index contributed by atoms with van der Waals surface area (Å²) in [6.07, 6.45) is 5.03. The molecule has 5 nitrogen and oxygen atoms in total. The molecule has 0 spiro atoms. The highest BCUT2D eigenvalue weighted by Gasteiger charge is 2.17. The second kappa shape index (κ2) is 7.36. The summed E-state index contributed by atoms with van der Waals surface area (Å²) in [7, 11) is 0. The lowest BCUT2D eigenvalue weighted by Crippen LogP contribution is -2.31. The Morgan fingerprint density at radius 2 is 1.95 bits per heavy atom. The van der Waals surface area contributed by atoms with Crippen LogP contribution in [0.5, 0.6) is 0 Å². The standard InChI is InChI=1S/C17H20N4O/c1-4-10-20(11-5-2)17(22)16-13-21(19-18-16)12-15-9-7-6-8-14(15)3/h4-9,13H,1-2,10-12H2,3H3. The Labute approximate surface area is 130 Å². The first-order valence-electron chi connectivity index (χ1n) is 7.11. The normalized spacial score (nSPS) is 10.2. The molecular formula is C17H20N4O. The minimum Gasteiger partial charge on any atom is -0.330 e. The van der Waals surface area contributed by atoms with Gasteiger partial charge in [-0.3, -0.25) is 4.79 Å². The summed E-state index contributed by atoms with van der Waals surface area (Å²) >= 11 is 0. The molecule has 0 fully saturated rings. The van der Waals surface area contributed by atoms with E-state index in [4.69, 9.17) is 0 Å². The number of rotatable bonds is 7. The molecule has 0 bridgehead atoms. The molecule has 5 heteroatoms. The summed E-state index contributed by atoms with van der Waals surface area (Å²) in [4.78, 5) is 14.0. The molecule has 0 saturated carbocycles. The molecule has 22 heavy (non-hydrogen) atoms. The van der Waals surface area contributed by atoms with Gasteiger partial charge in [0.25, 0.3) is 5.91 Å². The molecule has 1 amide bonds. The van der Waals surface area contributed by atoms with Crippen molar-refractivity contribution in [2.45, 2.75) is 13.5 Å². The van der Waals surface area contributed by atoms with E-state index in [0.717, 1.165) is 5.56 Å². The molecule has 0 unspecified atom stereocenters. The third-order valence-electron chi connectivity index (χ3n) is 3.34. The smallest absolute Gasteiger partial charge is 0.276 e. The van der Waals surface area contributed by atoms with Crippen LogP contribution in [0.25, 0.3) is 0 Å².